The highest BCUT2D eigenvalue weighted by Gasteiger charge is 2.21. The summed E-state index contributed by atoms with van der Waals surface area (Å²) in [4.78, 5) is 6.45. The molecule has 0 aliphatic carbocycles. The number of benzene rings is 1. The van der Waals surface area contributed by atoms with Crippen molar-refractivity contribution in [2.45, 2.75) is 13.1 Å². The molecule has 0 saturated heterocycles. The Kier molecular flexibility index (Phi) is 2.84. The molecule has 3 rings (SSSR count). The minimum absolute atomic E-state index is 0.576. The van der Waals surface area contributed by atoms with Crippen molar-refractivity contribution >= 4 is 34.6 Å². The topological polar surface area (TPSA) is 47.1 Å². The van der Waals surface area contributed by atoms with Crippen LogP contribution in [0.25, 0.3) is 0 Å². The predicted octanol–water partition coefficient (Wildman–Crippen LogP) is 2.79. The van der Waals surface area contributed by atoms with Gasteiger partial charge in [-0.15, -0.1) is 0 Å². The summed E-state index contributed by atoms with van der Waals surface area (Å²) in [5, 5.41) is 1.17. The molecule has 4 nitrogen and oxygen atoms in total. The zero-order chi connectivity index (χ0) is 12.7. The minimum atomic E-state index is 0.576. The molecule has 1 aliphatic rings. The van der Waals surface area contributed by atoms with Crippen LogP contribution in [-0.2, 0) is 13.1 Å². The molecule has 0 fully saturated rings. The Morgan fingerprint density at radius 2 is 1.89 bits per heavy atom. The molecule has 0 unspecified atom stereocenters. The number of nitrogens with zero attached hydrogens (tertiary/aromatic N) is 3. The molecule has 18 heavy (non-hydrogen) atoms. The van der Waals surface area contributed by atoms with Crippen molar-refractivity contribution in [1.29, 1.82) is 0 Å². The van der Waals surface area contributed by atoms with E-state index in [0.29, 0.717) is 22.3 Å². The van der Waals surface area contributed by atoms with E-state index in [4.69, 9.17) is 28.9 Å². The summed E-state index contributed by atoms with van der Waals surface area (Å²) in [6, 6.07) is 3.45. The molecule has 0 bridgehead atoms. The Morgan fingerprint density at radius 1 is 1.17 bits per heavy atom. The lowest BCUT2D eigenvalue weighted by atomic mass is 10.2. The summed E-state index contributed by atoms with van der Waals surface area (Å²) in [5.74, 6) is 1.02. The maximum absolute atomic E-state index is 6.24. The second kappa shape index (κ2) is 4.37. The lowest BCUT2D eigenvalue weighted by molar-refractivity contribution is 0.560. The number of nitrogens with two attached hydrogens (primary N) is 1. The van der Waals surface area contributed by atoms with E-state index >= 15 is 0 Å². The van der Waals surface area contributed by atoms with Crippen molar-refractivity contribution in [3.8, 4) is 0 Å². The molecular weight excluding hydrogens is 271 g/mol. The van der Waals surface area contributed by atoms with E-state index in [1.54, 1.807) is 12.1 Å². The lowest BCUT2D eigenvalue weighted by Gasteiger charge is -2.31. The fourth-order valence-corrected chi connectivity index (χ4v) is 2.99. The van der Waals surface area contributed by atoms with E-state index in [1.165, 1.54) is 0 Å². The van der Waals surface area contributed by atoms with Crippen LogP contribution in [0.1, 0.15) is 5.82 Å². The maximum Gasteiger partial charge on any atom is 0.128 e. The summed E-state index contributed by atoms with van der Waals surface area (Å²) < 4.78 is 2.13. The predicted molar refractivity (Wildman–Crippen MR) is 74.2 cm³/mol. The van der Waals surface area contributed by atoms with E-state index in [1.807, 2.05) is 12.4 Å². The smallest absolute Gasteiger partial charge is 0.128 e. The number of imidazole rings is 1. The molecule has 0 amide bonds. The van der Waals surface area contributed by atoms with Crippen molar-refractivity contribution in [1.82, 2.24) is 9.55 Å². The molecular formula is C12H12Cl2N4. The number of fused-ring (bicyclic) bond motifs is 1. The van der Waals surface area contributed by atoms with Gasteiger partial charge in [-0.25, -0.2) is 4.98 Å². The quantitative estimate of drug-likeness (QED) is 0.819. The monoisotopic (exact) mass is 282 g/mol. The second-order valence-corrected chi connectivity index (χ2v) is 5.11. The molecule has 2 heterocycles. The number of rotatable bonds is 1. The third-order valence-electron chi connectivity index (χ3n) is 3.10. The van der Waals surface area contributed by atoms with Gasteiger partial charge in [-0.3, -0.25) is 0 Å². The highest BCUT2D eigenvalue weighted by atomic mass is 35.5. The van der Waals surface area contributed by atoms with Crippen LogP contribution >= 0.6 is 23.2 Å². The Hall–Kier alpha value is -1.39. The number of nitrogen functional groups attached to an aromatic ring is 1. The van der Waals surface area contributed by atoms with E-state index in [-0.39, 0.29) is 0 Å². The highest BCUT2D eigenvalue weighted by Crippen LogP contribution is 2.37. The summed E-state index contributed by atoms with van der Waals surface area (Å²) >= 11 is 12.5. The van der Waals surface area contributed by atoms with Gasteiger partial charge in [0.25, 0.3) is 0 Å². The zero-order valence-corrected chi connectivity index (χ0v) is 11.1. The fourth-order valence-electron chi connectivity index (χ4n) is 2.25. The molecule has 1 aromatic carbocycles. The first-order valence-corrected chi connectivity index (χ1v) is 6.40. The maximum atomic E-state index is 6.24. The van der Waals surface area contributed by atoms with Crippen molar-refractivity contribution in [2.24, 2.45) is 0 Å². The third kappa shape index (κ3) is 1.91. The Labute approximate surface area is 115 Å². The normalized spacial score (nSPS) is 14.7. The first kappa shape index (κ1) is 11.7. The molecule has 2 aromatic rings. The van der Waals surface area contributed by atoms with Gasteiger partial charge in [0.05, 0.1) is 22.3 Å². The first-order chi connectivity index (χ1) is 8.65. The van der Waals surface area contributed by atoms with Crippen LogP contribution in [0.5, 0.6) is 0 Å². The van der Waals surface area contributed by atoms with E-state index in [0.717, 1.165) is 24.6 Å². The minimum Gasteiger partial charge on any atom is -0.399 e. The van der Waals surface area contributed by atoms with Crippen LogP contribution in [0, 0.1) is 0 Å². The van der Waals surface area contributed by atoms with Gasteiger partial charge in [-0.05, 0) is 12.1 Å². The summed E-state index contributed by atoms with van der Waals surface area (Å²) in [5.41, 5.74) is 7.13. The van der Waals surface area contributed by atoms with Crippen LogP contribution < -0.4 is 10.6 Å². The first-order valence-electron chi connectivity index (χ1n) is 5.64. The molecule has 0 atom stereocenters. The number of aromatic nitrogens is 2. The van der Waals surface area contributed by atoms with Gasteiger partial charge in [0.1, 0.15) is 5.82 Å². The molecule has 6 heteroatoms. The largest absolute Gasteiger partial charge is 0.399 e. The molecule has 94 valence electrons. The van der Waals surface area contributed by atoms with Crippen molar-refractivity contribution in [3.05, 3.63) is 40.4 Å². The van der Waals surface area contributed by atoms with Crippen molar-refractivity contribution in [2.75, 3.05) is 17.2 Å². The molecule has 1 aliphatic heterocycles. The standard InChI is InChI=1S/C12H12Cl2N4/c13-9-5-8(15)6-10(14)12(9)18-4-3-17-2-1-16-11(17)7-18/h1-2,5-6H,3-4,7,15H2. The molecule has 0 radical (unpaired) electrons. The van der Waals surface area contributed by atoms with E-state index < -0.39 is 0 Å². The van der Waals surface area contributed by atoms with Crippen LogP contribution in [0.15, 0.2) is 24.5 Å². The van der Waals surface area contributed by atoms with Crippen LogP contribution in [-0.4, -0.2) is 16.1 Å². The highest BCUT2D eigenvalue weighted by molar-refractivity contribution is 6.39. The van der Waals surface area contributed by atoms with Crippen LogP contribution in [0.3, 0.4) is 0 Å². The number of hydrogen-bond donors (Lipinski definition) is 1. The zero-order valence-electron chi connectivity index (χ0n) is 9.61. The van der Waals surface area contributed by atoms with Gasteiger partial charge in [0.2, 0.25) is 0 Å². The van der Waals surface area contributed by atoms with Crippen LogP contribution in [0.4, 0.5) is 11.4 Å². The molecule has 0 saturated carbocycles. The van der Waals surface area contributed by atoms with Gasteiger partial charge >= 0.3 is 0 Å². The average molecular weight is 283 g/mol. The summed E-state index contributed by atoms with van der Waals surface area (Å²) in [6.07, 6.45) is 3.80. The lowest BCUT2D eigenvalue weighted by Crippen LogP contribution is -2.34. The van der Waals surface area contributed by atoms with E-state index in [2.05, 4.69) is 14.5 Å². The van der Waals surface area contributed by atoms with Gasteiger partial charge in [-0.1, -0.05) is 23.2 Å². The molecule has 1 aromatic heterocycles. The van der Waals surface area contributed by atoms with Gasteiger partial charge < -0.3 is 15.2 Å². The Bertz CT molecular complexity index is 571. The SMILES string of the molecule is Nc1cc(Cl)c(N2CCn3ccnc3C2)c(Cl)c1. The Balaban J connectivity index is 1.98. The third-order valence-corrected chi connectivity index (χ3v) is 3.68. The average Bonchev–Trinajstić information content (AvgIpc) is 2.74. The van der Waals surface area contributed by atoms with Gasteiger partial charge in [0, 0.05) is 31.2 Å². The molecule has 2 N–H and O–H groups in total. The van der Waals surface area contributed by atoms with Gasteiger partial charge in [-0.2, -0.15) is 0 Å². The fraction of sp³-hybridized carbons (Fsp3) is 0.250. The second-order valence-electron chi connectivity index (χ2n) is 4.29. The van der Waals surface area contributed by atoms with Crippen molar-refractivity contribution < 1.29 is 0 Å². The number of anilines is 2. The number of halogens is 2. The Morgan fingerprint density at radius 3 is 2.61 bits per heavy atom. The number of hydrogen-bond acceptors (Lipinski definition) is 3. The molecule has 0 spiro atoms. The van der Waals surface area contributed by atoms with Gasteiger partial charge in [0.15, 0.2) is 0 Å². The van der Waals surface area contributed by atoms with E-state index in [9.17, 15) is 0 Å². The van der Waals surface area contributed by atoms with Crippen LogP contribution in [0.2, 0.25) is 10.0 Å². The summed E-state index contributed by atoms with van der Waals surface area (Å²) in [6.45, 7) is 2.44. The summed E-state index contributed by atoms with van der Waals surface area (Å²) in [7, 11) is 0. The van der Waals surface area contributed by atoms with Crippen molar-refractivity contribution in [3.63, 3.8) is 0 Å².